The van der Waals surface area contributed by atoms with Gasteiger partial charge in [0.25, 0.3) is 0 Å². The molecule has 1 heterocycles. The summed E-state index contributed by atoms with van der Waals surface area (Å²) in [5, 5.41) is 9.99. The second-order valence-corrected chi connectivity index (χ2v) is 4.13. The zero-order valence-electron chi connectivity index (χ0n) is 8.38. The van der Waals surface area contributed by atoms with Crippen molar-refractivity contribution in [3.8, 4) is 17.3 Å². The van der Waals surface area contributed by atoms with Gasteiger partial charge in [-0.05, 0) is 25.1 Å². The van der Waals surface area contributed by atoms with Crippen molar-refractivity contribution in [2.45, 2.75) is 6.92 Å². The van der Waals surface area contributed by atoms with E-state index in [1.165, 1.54) is 0 Å². The molecule has 2 rings (SSSR count). The Balaban J connectivity index is 2.63. The zero-order valence-corrected chi connectivity index (χ0v) is 9.89. The molecule has 0 saturated carbocycles. The number of aromatic nitrogens is 2. The number of rotatable bonds is 1. The summed E-state index contributed by atoms with van der Waals surface area (Å²) < 4.78 is 0. The predicted octanol–water partition coefficient (Wildman–Crippen LogP) is 3.56. The Bertz CT molecular complexity index is 581. The van der Waals surface area contributed by atoms with Gasteiger partial charge in [-0.1, -0.05) is 23.2 Å². The Kier molecular flexibility index (Phi) is 2.86. The maximum absolute atomic E-state index is 8.94. The summed E-state index contributed by atoms with van der Waals surface area (Å²) in [6, 6.07) is 7.14. The van der Waals surface area contributed by atoms with Crippen LogP contribution in [0.25, 0.3) is 11.3 Å². The Labute approximate surface area is 103 Å². The van der Waals surface area contributed by atoms with Crippen molar-refractivity contribution in [2.24, 2.45) is 0 Å². The fourth-order valence-electron chi connectivity index (χ4n) is 1.46. The number of aryl methyl sites for hydroxylation is 1. The zero-order chi connectivity index (χ0) is 11.7. The van der Waals surface area contributed by atoms with Crippen LogP contribution < -0.4 is 0 Å². The fraction of sp³-hybridized carbons (Fsp3) is 0.0909. The topological polar surface area (TPSA) is 52.5 Å². The number of halogens is 2. The van der Waals surface area contributed by atoms with Crippen LogP contribution in [0.5, 0.6) is 0 Å². The predicted molar refractivity (Wildman–Crippen MR) is 63.5 cm³/mol. The molecule has 0 aliphatic rings. The average Bonchev–Trinajstić information content (AvgIpc) is 2.59. The molecule has 0 fully saturated rings. The van der Waals surface area contributed by atoms with Gasteiger partial charge in [-0.25, -0.2) is 4.98 Å². The summed E-state index contributed by atoms with van der Waals surface area (Å²) >= 11 is 11.9. The van der Waals surface area contributed by atoms with Crippen LogP contribution in [0.15, 0.2) is 18.2 Å². The van der Waals surface area contributed by atoms with Crippen molar-refractivity contribution < 1.29 is 0 Å². The van der Waals surface area contributed by atoms with Gasteiger partial charge >= 0.3 is 0 Å². The average molecular weight is 252 g/mol. The Morgan fingerprint density at radius 1 is 1.38 bits per heavy atom. The van der Waals surface area contributed by atoms with E-state index in [1.54, 1.807) is 25.1 Å². The quantitative estimate of drug-likeness (QED) is 0.843. The normalized spacial score (nSPS) is 10.1. The lowest BCUT2D eigenvalue weighted by Crippen LogP contribution is -1.84. The lowest BCUT2D eigenvalue weighted by molar-refractivity contribution is 1.14. The lowest BCUT2D eigenvalue weighted by Gasteiger charge is -2.02. The van der Waals surface area contributed by atoms with E-state index < -0.39 is 0 Å². The first-order valence-electron chi connectivity index (χ1n) is 4.54. The van der Waals surface area contributed by atoms with Gasteiger partial charge in [-0.3, -0.25) is 0 Å². The molecule has 1 N–H and O–H groups in total. The van der Waals surface area contributed by atoms with E-state index in [-0.39, 0.29) is 0 Å². The van der Waals surface area contributed by atoms with E-state index in [0.717, 1.165) is 5.56 Å². The lowest BCUT2D eigenvalue weighted by atomic mass is 10.1. The number of hydrogen-bond donors (Lipinski definition) is 1. The van der Waals surface area contributed by atoms with Crippen LogP contribution in [0.1, 0.15) is 11.5 Å². The highest BCUT2D eigenvalue weighted by Gasteiger charge is 2.12. The van der Waals surface area contributed by atoms with E-state index >= 15 is 0 Å². The molecule has 80 valence electrons. The van der Waals surface area contributed by atoms with E-state index in [0.29, 0.717) is 27.3 Å². The van der Waals surface area contributed by atoms with Crippen LogP contribution in [0, 0.1) is 18.3 Å². The van der Waals surface area contributed by atoms with E-state index in [4.69, 9.17) is 28.5 Å². The highest BCUT2D eigenvalue weighted by atomic mass is 35.5. The SMILES string of the molecule is Cc1nc(C#N)c(-c2ccc(Cl)cc2Cl)[nH]1. The van der Waals surface area contributed by atoms with Crippen LogP contribution in [0.2, 0.25) is 10.0 Å². The summed E-state index contributed by atoms with van der Waals surface area (Å²) in [5.41, 5.74) is 1.69. The third kappa shape index (κ3) is 1.90. The second kappa shape index (κ2) is 4.17. The first kappa shape index (κ1) is 11.0. The molecule has 0 bridgehead atoms. The molecule has 0 saturated heterocycles. The van der Waals surface area contributed by atoms with Crippen LogP contribution in [-0.4, -0.2) is 9.97 Å². The van der Waals surface area contributed by atoms with E-state index in [1.807, 2.05) is 6.07 Å². The molecule has 0 atom stereocenters. The minimum Gasteiger partial charge on any atom is -0.341 e. The highest BCUT2D eigenvalue weighted by molar-refractivity contribution is 6.36. The molecule has 0 radical (unpaired) electrons. The standard InChI is InChI=1S/C11H7Cl2N3/c1-6-15-10(5-14)11(16-6)8-3-2-7(12)4-9(8)13/h2-4H,1H3,(H,15,16). The number of H-pyrrole nitrogens is 1. The van der Waals surface area contributed by atoms with Crippen molar-refractivity contribution >= 4 is 23.2 Å². The summed E-state index contributed by atoms with van der Waals surface area (Å²) in [7, 11) is 0. The molecule has 1 aromatic carbocycles. The van der Waals surface area contributed by atoms with Crippen LogP contribution in [-0.2, 0) is 0 Å². The molecular weight excluding hydrogens is 245 g/mol. The number of nitrogens with one attached hydrogen (secondary N) is 1. The maximum atomic E-state index is 8.94. The first-order valence-corrected chi connectivity index (χ1v) is 5.29. The molecule has 0 amide bonds. The monoisotopic (exact) mass is 251 g/mol. The molecule has 0 unspecified atom stereocenters. The van der Waals surface area contributed by atoms with E-state index in [9.17, 15) is 0 Å². The molecule has 5 heteroatoms. The summed E-state index contributed by atoms with van der Waals surface area (Å²) in [5.74, 6) is 0.678. The van der Waals surface area contributed by atoms with Crippen molar-refractivity contribution in [2.75, 3.05) is 0 Å². The number of hydrogen-bond acceptors (Lipinski definition) is 2. The van der Waals surface area contributed by atoms with Crippen LogP contribution >= 0.6 is 23.2 Å². The third-order valence-corrected chi connectivity index (χ3v) is 2.68. The molecule has 0 spiro atoms. The minimum absolute atomic E-state index is 0.335. The van der Waals surface area contributed by atoms with Crippen LogP contribution in [0.3, 0.4) is 0 Å². The summed E-state index contributed by atoms with van der Waals surface area (Å²) in [4.78, 5) is 7.07. The summed E-state index contributed by atoms with van der Waals surface area (Å²) in [6.07, 6.45) is 0. The molecule has 1 aromatic heterocycles. The van der Waals surface area contributed by atoms with Gasteiger partial charge < -0.3 is 4.98 Å². The van der Waals surface area contributed by atoms with Gasteiger partial charge in [-0.2, -0.15) is 5.26 Å². The Morgan fingerprint density at radius 2 is 2.12 bits per heavy atom. The molecule has 0 aliphatic heterocycles. The fourth-order valence-corrected chi connectivity index (χ4v) is 1.96. The molecule has 0 aliphatic carbocycles. The van der Waals surface area contributed by atoms with Gasteiger partial charge in [-0.15, -0.1) is 0 Å². The van der Waals surface area contributed by atoms with Crippen molar-refractivity contribution in [3.63, 3.8) is 0 Å². The van der Waals surface area contributed by atoms with E-state index in [2.05, 4.69) is 9.97 Å². The first-order chi connectivity index (χ1) is 7.61. The second-order valence-electron chi connectivity index (χ2n) is 3.28. The summed E-state index contributed by atoms with van der Waals surface area (Å²) in [6.45, 7) is 1.79. The maximum Gasteiger partial charge on any atom is 0.166 e. The number of nitrogens with zero attached hydrogens (tertiary/aromatic N) is 2. The van der Waals surface area contributed by atoms with Gasteiger partial charge in [0.1, 0.15) is 11.9 Å². The number of aromatic amines is 1. The largest absolute Gasteiger partial charge is 0.341 e. The molecular formula is C11H7Cl2N3. The van der Waals surface area contributed by atoms with Crippen molar-refractivity contribution in [1.82, 2.24) is 9.97 Å². The van der Waals surface area contributed by atoms with Crippen molar-refractivity contribution in [3.05, 3.63) is 39.8 Å². The Morgan fingerprint density at radius 3 is 2.75 bits per heavy atom. The minimum atomic E-state index is 0.335. The third-order valence-electron chi connectivity index (χ3n) is 2.13. The molecule has 3 nitrogen and oxygen atoms in total. The van der Waals surface area contributed by atoms with Gasteiger partial charge in [0.05, 0.1) is 10.7 Å². The number of imidazole rings is 1. The number of nitriles is 1. The molecule has 2 aromatic rings. The smallest absolute Gasteiger partial charge is 0.166 e. The van der Waals surface area contributed by atoms with Crippen LogP contribution in [0.4, 0.5) is 0 Å². The van der Waals surface area contributed by atoms with Gasteiger partial charge in [0, 0.05) is 10.6 Å². The Hall–Kier alpha value is -1.50. The van der Waals surface area contributed by atoms with Crippen molar-refractivity contribution in [1.29, 1.82) is 5.26 Å². The van der Waals surface area contributed by atoms with Gasteiger partial charge in [0.2, 0.25) is 0 Å². The molecule has 16 heavy (non-hydrogen) atoms. The van der Waals surface area contributed by atoms with Gasteiger partial charge in [0.15, 0.2) is 5.69 Å². The number of benzene rings is 1. The highest BCUT2D eigenvalue weighted by Crippen LogP contribution is 2.30.